The number of carbonyl (C=O) groups excluding carboxylic acids is 1. The van der Waals surface area contributed by atoms with E-state index in [1.807, 2.05) is 24.3 Å². The lowest BCUT2D eigenvalue weighted by atomic mass is 10.1. The molecule has 3 rings (SSSR count). The molecular weight excluding hydrogens is 350 g/mol. The van der Waals surface area contributed by atoms with E-state index in [4.69, 9.17) is 23.7 Å². The van der Waals surface area contributed by atoms with Gasteiger partial charge in [0.15, 0.2) is 11.4 Å². The van der Waals surface area contributed by atoms with Crippen molar-refractivity contribution in [3.8, 4) is 11.5 Å². The molecule has 27 heavy (non-hydrogen) atoms. The average Bonchev–Trinajstić information content (AvgIpc) is 2.67. The lowest BCUT2D eigenvalue weighted by molar-refractivity contribution is -0.181. The number of carbonyl (C=O) groups is 1. The zero-order chi connectivity index (χ0) is 19.4. The molecular formula is C20H23NO6. The molecule has 0 saturated carbocycles. The van der Waals surface area contributed by atoms with Crippen LogP contribution in [0.3, 0.4) is 0 Å². The Hall–Kier alpha value is -2.64. The van der Waals surface area contributed by atoms with Crippen molar-refractivity contribution in [2.75, 3.05) is 14.2 Å². The van der Waals surface area contributed by atoms with Crippen molar-refractivity contribution in [1.29, 1.82) is 0 Å². The summed E-state index contributed by atoms with van der Waals surface area (Å²) in [6, 6.07) is 7.66. The number of pyridine rings is 1. The third-order valence-corrected chi connectivity index (χ3v) is 4.20. The van der Waals surface area contributed by atoms with Crippen LogP contribution in [-0.2, 0) is 34.0 Å². The first-order valence-corrected chi connectivity index (χ1v) is 8.56. The number of methoxy groups -OCH3 is 2. The molecule has 0 bridgehead atoms. The first-order valence-electron chi connectivity index (χ1n) is 8.56. The second-order valence-electron chi connectivity index (χ2n) is 6.56. The standard InChI is InChI=1S/C20H23NO6/c1-20(2)26-12-16-14(9-21-17(18(16)27-20)19(22)24-4)11-25-10-13-5-7-15(23-3)8-6-13/h5-9H,10-12H2,1-4H3. The van der Waals surface area contributed by atoms with Crippen LogP contribution in [0, 0.1) is 0 Å². The molecule has 0 radical (unpaired) electrons. The van der Waals surface area contributed by atoms with Crippen molar-refractivity contribution in [2.45, 2.75) is 39.5 Å². The van der Waals surface area contributed by atoms with Crippen LogP contribution < -0.4 is 9.47 Å². The number of hydrogen-bond acceptors (Lipinski definition) is 7. The molecule has 144 valence electrons. The molecule has 2 aromatic rings. The topological polar surface area (TPSA) is 76.1 Å². The molecule has 1 aromatic carbocycles. The predicted molar refractivity (Wildman–Crippen MR) is 96.6 cm³/mol. The van der Waals surface area contributed by atoms with Gasteiger partial charge in [0.1, 0.15) is 5.75 Å². The van der Waals surface area contributed by atoms with Gasteiger partial charge in [0.2, 0.25) is 5.79 Å². The number of nitrogens with zero attached hydrogens (tertiary/aromatic N) is 1. The lowest BCUT2D eigenvalue weighted by Crippen LogP contribution is -2.37. The number of aromatic nitrogens is 1. The monoisotopic (exact) mass is 373 g/mol. The first kappa shape index (κ1) is 19.1. The summed E-state index contributed by atoms with van der Waals surface area (Å²) in [7, 11) is 2.94. The minimum atomic E-state index is -0.847. The largest absolute Gasteiger partial charge is 0.497 e. The molecule has 7 heteroatoms. The lowest BCUT2D eigenvalue weighted by Gasteiger charge is -2.34. The normalized spacial score (nSPS) is 14.8. The van der Waals surface area contributed by atoms with Gasteiger partial charge in [-0.3, -0.25) is 0 Å². The molecule has 0 fully saturated rings. The van der Waals surface area contributed by atoms with Gasteiger partial charge in [-0.2, -0.15) is 0 Å². The van der Waals surface area contributed by atoms with E-state index in [1.165, 1.54) is 7.11 Å². The molecule has 0 amide bonds. The van der Waals surface area contributed by atoms with Crippen LogP contribution in [0.15, 0.2) is 30.5 Å². The zero-order valence-electron chi connectivity index (χ0n) is 15.9. The maximum atomic E-state index is 12.0. The average molecular weight is 373 g/mol. The molecule has 1 aliphatic heterocycles. The molecule has 7 nitrogen and oxygen atoms in total. The van der Waals surface area contributed by atoms with E-state index >= 15 is 0 Å². The summed E-state index contributed by atoms with van der Waals surface area (Å²) >= 11 is 0. The Balaban J connectivity index is 1.76. The minimum absolute atomic E-state index is 0.141. The van der Waals surface area contributed by atoms with Gasteiger partial charge in [0.05, 0.1) is 34.0 Å². The van der Waals surface area contributed by atoms with Gasteiger partial charge in [0.25, 0.3) is 0 Å². The van der Waals surface area contributed by atoms with Gasteiger partial charge in [-0.1, -0.05) is 12.1 Å². The van der Waals surface area contributed by atoms with Gasteiger partial charge in [-0.15, -0.1) is 0 Å². The number of benzene rings is 1. The van der Waals surface area contributed by atoms with Crippen LogP contribution in [0.2, 0.25) is 0 Å². The van der Waals surface area contributed by atoms with Crippen molar-refractivity contribution >= 4 is 5.97 Å². The van der Waals surface area contributed by atoms with Crippen molar-refractivity contribution in [2.24, 2.45) is 0 Å². The maximum Gasteiger partial charge on any atom is 0.360 e. The molecule has 0 atom stereocenters. The summed E-state index contributed by atoms with van der Waals surface area (Å²) in [5.41, 5.74) is 2.72. The Labute approximate surface area is 158 Å². The Morgan fingerprint density at radius 3 is 2.59 bits per heavy atom. The van der Waals surface area contributed by atoms with Gasteiger partial charge >= 0.3 is 5.97 Å². The first-order chi connectivity index (χ1) is 12.9. The summed E-state index contributed by atoms with van der Waals surface area (Å²) in [5.74, 6) is -0.203. The molecule has 0 spiro atoms. The molecule has 0 saturated heterocycles. The number of fused-ring (bicyclic) bond motifs is 1. The fourth-order valence-corrected chi connectivity index (χ4v) is 2.72. The molecule has 0 unspecified atom stereocenters. The zero-order valence-corrected chi connectivity index (χ0v) is 15.9. The second kappa shape index (κ2) is 7.94. The third kappa shape index (κ3) is 4.37. The van der Waals surface area contributed by atoms with Crippen LogP contribution >= 0.6 is 0 Å². The second-order valence-corrected chi connectivity index (χ2v) is 6.56. The fourth-order valence-electron chi connectivity index (χ4n) is 2.72. The summed E-state index contributed by atoms with van der Waals surface area (Å²) in [6.45, 7) is 4.62. The Morgan fingerprint density at radius 1 is 1.19 bits per heavy atom. The SMILES string of the molecule is COC(=O)c1ncc(COCc2ccc(OC)cc2)c2c1OC(C)(C)OC2. The van der Waals surface area contributed by atoms with Crippen LogP contribution in [0.1, 0.15) is 41.0 Å². The van der Waals surface area contributed by atoms with E-state index in [0.717, 1.165) is 22.4 Å². The maximum absolute atomic E-state index is 12.0. The third-order valence-electron chi connectivity index (χ3n) is 4.20. The molecule has 0 aliphatic carbocycles. The molecule has 0 N–H and O–H groups in total. The summed E-state index contributed by atoms with van der Waals surface area (Å²) < 4.78 is 27.3. The van der Waals surface area contributed by atoms with E-state index in [1.54, 1.807) is 27.2 Å². The van der Waals surface area contributed by atoms with E-state index in [9.17, 15) is 4.79 Å². The molecule has 2 heterocycles. The predicted octanol–water partition coefficient (Wildman–Crippen LogP) is 3.24. The van der Waals surface area contributed by atoms with Crippen molar-refractivity contribution in [3.05, 3.63) is 52.8 Å². The highest BCUT2D eigenvalue weighted by Crippen LogP contribution is 2.36. The van der Waals surface area contributed by atoms with E-state index in [2.05, 4.69) is 4.98 Å². The van der Waals surface area contributed by atoms with Crippen LogP contribution in [0.4, 0.5) is 0 Å². The van der Waals surface area contributed by atoms with E-state index < -0.39 is 11.8 Å². The van der Waals surface area contributed by atoms with Crippen molar-refractivity contribution < 1.29 is 28.5 Å². The Morgan fingerprint density at radius 2 is 1.93 bits per heavy atom. The summed E-state index contributed by atoms with van der Waals surface area (Å²) in [6.07, 6.45) is 1.60. The number of hydrogen-bond donors (Lipinski definition) is 0. The summed E-state index contributed by atoms with van der Waals surface area (Å²) in [4.78, 5) is 16.2. The van der Waals surface area contributed by atoms with Crippen molar-refractivity contribution in [3.63, 3.8) is 0 Å². The number of ether oxygens (including phenoxy) is 5. The Kier molecular flexibility index (Phi) is 5.62. The van der Waals surface area contributed by atoms with Gasteiger partial charge in [-0.25, -0.2) is 9.78 Å². The van der Waals surface area contributed by atoms with Crippen LogP contribution in [0.5, 0.6) is 11.5 Å². The highest BCUT2D eigenvalue weighted by Gasteiger charge is 2.33. The van der Waals surface area contributed by atoms with Crippen LogP contribution in [0.25, 0.3) is 0 Å². The highest BCUT2D eigenvalue weighted by molar-refractivity contribution is 5.91. The number of esters is 1. The minimum Gasteiger partial charge on any atom is -0.497 e. The van der Waals surface area contributed by atoms with E-state index in [0.29, 0.717) is 25.6 Å². The highest BCUT2D eigenvalue weighted by atomic mass is 16.7. The molecule has 1 aliphatic rings. The van der Waals surface area contributed by atoms with Gasteiger partial charge < -0.3 is 23.7 Å². The summed E-state index contributed by atoms with van der Waals surface area (Å²) in [5, 5.41) is 0. The Bertz CT molecular complexity index is 816. The quantitative estimate of drug-likeness (QED) is 0.720. The van der Waals surface area contributed by atoms with Gasteiger partial charge in [0, 0.05) is 31.2 Å². The van der Waals surface area contributed by atoms with Gasteiger partial charge in [-0.05, 0) is 17.7 Å². The number of rotatable bonds is 6. The molecule has 1 aromatic heterocycles. The fraction of sp³-hybridized carbons (Fsp3) is 0.400. The van der Waals surface area contributed by atoms with Crippen molar-refractivity contribution in [1.82, 2.24) is 4.98 Å². The van der Waals surface area contributed by atoms with Crippen LogP contribution in [-0.4, -0.2) is 31.0 Å². The smallest absolute Gasteiger partial charge is 0.360 e. The van der Waals surface area contributed by atoms with E-state index in [-0.39, 0.29) is 5.69 Å².